The predicted molar refractivity (Wildman–Crippen MR) is 44.5 cm³/mol. The standard InChI is InChI=1S/C8H9N3O/c1-5(12)7-6-3-2-4-9-8(6)11-10-7/h2-5,12H,1H3,(H,9,10,11). The Morgan fingerprint density at radius 2 is 2.42 bits per heavy atom. The Kier molecular flexibility index (Phi) is 1.55. The zero-order valence-corrected chi connectivity index (χ0v) is 6.65. The molecule has 0 saturated heterocycles. The quantitative estimate of drug-likeness (QED) is 0.659. The van der Waals surface area contributed by atoms with Crippen LogP contribution in [-0.2, 0) is 0 Å². The average Bonchev–Trinajstić information content (AvgIpc) is 2.47. The SMILES string of the molecule is CC(O)c1[nH]nc2ncccc12. The number of hydrogen-bond donors (Lipinski definition) is 2. The summed E-state index contributed by atoms with van der Waals surface area (Å²) in [7, 11) is 0. The van der Waals surface area contributed by atoms with E-state index in [0.717, 1.165) is 11.1 Å². The van der Waals surface area contributed by atoms with E-state index in [1.165, 1.54) is 0 Å². The highest BCUT2D eigenvalue weighted by Crippen LogP contribution is 2.18. The van der Waals surface area contributed by atoms with Gasteiger partial charge >= 0.3 is 0 Å². The molecule has 0 amide bonds. The van der Waals surface area contributed by atoms with Gasteiger partial charge in [0.25, 0.3) is 0 Å². The van der Waals surface area contributed by atoms with E-state index < -0.39 is 6.10 Å². The first-order valence-corrected chi connectivity index (χ1v) is 3.76. The van der Waals surface area contributed by atoms with Crippen LogP contribution in [-0.4, -0.2) is 20.3 Å². The van der Waals surface area contributed by atoms with E-state index in [4.69, 9.17) is 0 Å². The third kappa shape index (κ3) is 0.967. The van der Waals surface area contributed by atoms with Crippen molar-refractivity contribution in [2.24, 2.45) is 0 Å². The van der Waals surface area contributed by atoms with Crippen LogP contribution in [0.15, 0.2) is 18.3 Å². The predicted octanol–water partition coefficient (Wildman–Crippen LogP) is 1.01. The molecule has 0 aliphatic heterocycles. The van der Waals surface area contributed by atoms with E-state index in [0.29, 0.717) is 5.65 Å². The summed E-state index contributed by atoms with van der Waals surface area (Å²) in [5, 5.41) is 16.9. The van der Waals surface area contributed by atoms with Gasteiger partial charge in [0.15, 0.2) is 5.65 Å². The minimum atomic E-state index is -0.529. The van der Waals surface area contributed by atoms with Gasteiger partial charge in [-0.1, -0.05) is 0 Å². The summed E-state index contributed by atoms with van der Waals surface area (Å²) < 4.78 is 0. The monoisotopic (exact) mass is 163 g/mol. The molecule has 0 spiro atoms. The molecule has 0 bridgehead atoms. The highest BCUT2D eigenvalue weighted by atomic mass is 16.3. The molecule has 12 heavy (non-hydrogen) atoms. The molecule has 1 atom stereocenters. The molecule has 2 heterocycles. The van der Waals surface area contributed by atoms with E-state index in [1.54, 1.807) is 13.1 Å². The maximum absolute atomic E-state index is 9.31. The molecule has 4 heteroatoms. The number of aromatic amines is 1. The lowest BCUT2D eigenvalue weighted by atomic mass is 10.2. The molecule has 0 aromatic carbocycles. The topological polar surface area (TPSA) is 61.8 Å². The largest absolute Gasteiger partial charge is 0.387 e. The smallest absolute Gasteiger partial charge is 0.181 e. The molecule has 4 nitrogen and oxygen atoms in total. The Labute approximate surface area is 69.3 Å². The number of aliphatic hydroxyl groups excluding tert-OH is 1. The second-order valence-corrected chi connectivity index (χ2v) is 2.69. The highest BCUT2D eigenvalue weighted by molar-refractivity contribution is 5.77. The summed E-state index contributed by atoms with van der Waals surface area (Å²) in [6.07, 6.45) is 1.15. The first-order chi connectivity index (χ1) is 5.79. The third-order valence-corrected chi connectivity index (χ3v) is 1.78. The lowest BCUT2D eigenvalue weighted by molar-refractivity contribution is 0.195. The van der Waals surface area contributed by atoms with Gasteiger partial charge in [0.05, 0.1) is 11.8 Å². The summed E-state index contributed by atoms with van der Waals surface area (Å²) in [6, 6.07) is 3.71. The first-order valence-electron chi connectivity index (χ1n) is 3.76. The molecule has 2 rings (SSSR count). The van der Waals surface area contributed by atoms with Crippen LogP contribution < -0.4 is 0 Å². The van der Waals surface area contributed by atoms with Crippen LogP contribution in [0.2, 0.25) is 0 Å². The number of nitrogens with zero attached hydrogens (tertiary/aromatic N) is 2. The van der Waals surface area contributed by atoms with Crippen molar-refractivity contribution in [3.8, 4) is 0 Å². The van der Waals surface area contributed by atoms with Gasteiger partial charge in [0.1, 0.15) is 0 Å². The van der Waals surface area contributed by atoms with Crippen molar-refractivity contribution in [2.45, 2.75) is 13.0 Å². The molecule has 0 radical (unpaired) electrons. The number of rotatable bonds is 1. The number of pyridine rings is 1. The van der Waals surface area contributed by atoms with Gasteiger partial charge in [0, 0.05) is 11.6 Å². The van der Waals surface area contributed by atoms with Crippen LogP contribution in [0, 0.1) is 0 Å². The Hall–Kier alpha value is -1.42. The van der Waals surface area contributed by atoms with Gasteiger partial charge in [0.2, 0.25) is 0 Å². The normalized spacial score (nSPS) is 13.5. The summed E-state index contributed by atoms with van der Waals surface area (Å²) in [5.41, 5.74) is 1.37. The van der Waals surface area contributed by atoms with Gasteiger partial charge in [-0.25, -0.2) is 4.98 Å². The molecule has 62 valence electrons. The lowest BCUT2D eigenvalue weighted by Gasteiger charge is -1.98. The van der Waals surface area contributed by atoms with E-state index >= 15 is 0 Å². The fourth-order valence-corrected chi connectivity index (χ4v) is 1.19. The third-order valence-electron chi connectivity index (χ3n) is 1.78. The number of nitrogens with one attached hydrogen (secondary N) is 1. The van der Waals surface area contributed by atoms with E-state index in [2.05, 4.69) is 15.2 Å². The van der Waals surface area contributed by atoms with Gasteiger partial charge in [-0.3, -0.25) is 5.10 Å². The molecule has 0 aliphatic carbocycles. The fourth-order valence-electron chi connectivity index (χ4n) is 1.19. The van der Waals surface area contributed by atoms with Gasteiger partial charge < -0.3 is 5.11 Å². The Morgan fingerprint density at radius 1 is 1.58 bits per heavy atom. The van der Waals surface area contributed by atoms with Crippen molar-refractivity contribution in [3.63, 3.8) is 0 Å². The molecule has 1 unspecified atom stereocenters. The minimum absolute atomic E-state index is 0.529. The van der Waals surface area contributed by atoms with Crippen molar-refractivity contribution in [2.75, 3.05) is 0 Å². The maximum atomic E-state index is 9.31. The summed E-state index contributed by atoms with van der Waals surface area (Å²) in [4.78, 5) is 4.03. The highest BCUT2D eigenvalue weighted by Gasteiger charge is 2.08. The molecule has 0 fully saturated rings. The zero-order chi connectivity index (χ0) is 8.55. The summed E-state index contributed by atoms with van der Waals surface area (Å²) >= 11 is 0. The van der Waals surface area contributed by atoms with Crippen molar-refractivity contribution >= 4 is 11.0 Å². The second kappa shape index (κ2) is 2.57. The average molecular weight is 163 g/mol. The van der Waals surface area contributed by atoms with E-state index in [1.807, 2.05) is 12.1 Å². The van der Waals surface area contributed by atoms with Crippen molar-refractivity contribution < 1.29 is 5.11 Å². The van der Waals surface area contributed by atoms with Gasteiger partial charge in [-0.05, 0) is 19.1 Å². The molecule has 2 aromatic rings. The molecular formula is C8H9N3O. The van der Waals surface area contributed by atoms with Crippen LogP contribution in [0.25, 0.3) is 11.0 Å². The number of aromatic nitrogens is 3. The Balaban J connectivity index is 2.70. The first kappa shape index (κ1) is 7.24. The van der Waals surface area contributed by atoms with Crippen LogP contribution in [0.3, 0.4) is 0 Å². The van der Waals surface area contributed by atoms with E-state index in [-0.39, 0.29) is 0 Å². The van der Waals surface area contributed by atoms with Crippen LogP contribution in [0.4, 0.5) is 0 Å². The Morgan fingerprint density at radius 3 is 3.17 bits per heavy atom. The fraction of sp³-hybridized carbons (Fsp3) is 0.250. The summed E-state index contributed by atoms with van der Waals surface area (Å²) in [6.45, 7) is 1.69. The lowest BCUT2D eigenvalue weighted by Crippen LogP contribution is -1.91. The van der Waals surface area contributed by atoms with Crippen LogP contribution in [0.1, 0.15) is 18.7 Å². The van der Waals surface area contributed by atoms with Crippen LogP contribution >= 0.6 is 0 Å². The maximum Gasteiger partial charge on any atom is 0.181 e. The van der Waals surface area contributed by atoms with Gasteiger partial charge in [-0.2, -0.15) is 5.10 Å². The molecule has 2 aromatic heterocycles. The Bertz CT molecular complexity index is 394. The van der Waals surface area contributed by atoms with Crippen molar-refractivity contribution in [3.05, 3.63) is 24.0 Å². The zero-order valence-electron chi connectivity index (χ0n) is 6.65. The number of aliphatic hydroxyl groups is 1. The second-order valence-electron chi connectivity index (χ2n) is 2.69. The van der Waals surface area contributed by atoms with Gasteiger partial charge in [-0.15, -0.1) is 0 Å². The number of fused-ring (bicyclic) bond motifs is 1. The molecule has 0 saturated carbocycles. The molecular weight excluding hydrogens is 154 g/mol. The number of hydrogen-bond acceptors (Lipinski definition) is 3. The van der Waals surface area contributed by atoms with E-state index in [9.17, 15) is 5.11 Å². The van der Waals surface area contributed by atoms with Crippen molar-refractivity contribution in [1.82, 2.24) is 15.2 Å². The minimum Gasteiger partial charge on any atom is -0.387 e. The van der Waals surface area contributed by atoms with Crippen molar-refractivity contribution in [1.29, 1.82) is 0 Å². The van der Waals surface area contributed by atoms with Crippen LogP contribution in [0.5, 0.6) is 0 Å². The molecule has 2 N–H and O–H groups in total. The summed E-state index contributed by atoms with van der Waals surface area (Å²) in [5.74, 6) is 0. The number of H-pyrrole nitrogens is 1. The molecule has 0 aliphatic rings.